The first-order valence-electron chi connectivity index (χ1n) is 5.51. The second-order valence-corrected chi connectivity index (χ2v) is 5.11. The predicted molar refractivity (Wildman–Crippen MR) is 74.8 cm³/mol. The number of carbonyl (C=O) groups is 1. The van der Waals surface area contributed by atoms with Crippen LogP contribution in [0.1, 0.15) is 21.1 Å². The van der Waals surface area contributed by atoms with Crippen molar-refractivity contribution < 1.29 is 9.53 Å². The lowest BCUT2D eigenvalue weighted by Gasteiger charge is -2.02. The number of hydrogen-bond acceptors (Lipinski definition) is 6. The zero-order valence-corrected chi connectivity index (χ0v) is 12.0. The highest BCUT2D eigenvalue weighted by Gasteiger charge is 2.17. The highest BCUT2D eigenvalue weighted by Crippen LogP contribution is 2.27. The molecular weight excluding hydrogens is 286 g/mol. The van der Waals surface area contributed by atoms with E-state index in [-0.39, 0.29) is 5.15 Å². The minimum absolute atomic E-state index is 0.150. The van der Waals surface area contributed by atoms with E-state index in [4.69, 9.17) is 11.6 Å². The van der Waals surface area contributed by atoms with Crippen LogP contribution in [0, 0.1) is 6.92 Å². The Morgan fingerprint density at radius 1 is 1.47 bits per heavy atom. The zero-order valence-electron chi connectivity index (χ0n) is 10.4. The summed E-state index contributed by atoms with van der Waals surface area (Å²) < 4.78 is 4.62. The molecule has 0 aromatic carbocycles. The molecule has 0 fully saturated rings. The maximum atomic E-state index is 11.4. The molecule has 0 bridgehead atoms. The molecule has 2 heterocycles. The number of rotatable bonds is 4. The molecule has 2 rings (SSSR count). The summed E-state index contributed by atoms with van der Waals surface area (Å²) in [6.45, 7) is 2.45. The van der Waals surface area contributed by atoms with Gasteiger partial charge in [-0.3, -0.25) is 4.98 Å². The van der Waals surface area contributed by atoms with Gasteiger partial charge in [-0.25, -0.2) is 9.78 Å². The Balaban J connectivity index is 2.06. The number of esters is 1. The van der Waals surface area contributed by atoms with E-state index in [1.807, 2.05) is 25.1 Å². The van der Waals surface area contributed by atoms with Gasteiger partial charge in [0, 0.05) is 5.69 Å². The summed E-state index contributed by atoms with van der Waals surface area (Å²) in [5, 5.41) is 3.79. The molecule has 100 valence electrons. The summed E-state index contributed by atoms with van der Waals surface area (Å²) >= 11 is 7.03. The fourth-order valence-corrected chi connectivity index (χ4v) is 2.56. The molecule has 0 saturated heterocycles. The molecule has 0 saturated carbocycles. The van der Waals surface area contributed by atoms with Crippen LogP contribution in [-0.2, 0) is 11.3 Å². The van der Waals surface area contributed by atoms with Crippen molar-refractivity contribution in [2.75, 3.05) is 12.4 Å². The average Bonchev–Trinajstić information content (AvgIpc) is 2.77. The van der Waals surface area contributed by atoms with Crippen molar-refractivity contribution in [1.82, 2.24) is 9.97 Å². The van der Waals surface area contributed by atoms with Crippen LogP contribution in [0.3, 0.4) is 0 Å². The van der Waals surface area contributed by atoms with Crippen LogP contribution in [0.25, 0.3) is 0 Å². The Morgan fingerprint density at radius 2 is 2.26 bits per heavy atom. The van der Waals surface area contributed by atoms with Crippen LogP contribution in [0.2, 0.25) is 5.15 Å². The smallest absolute Gasteiger partial charge is 0.351 e. The minimum Gasteiger partial charge on any atom is -0.465 e. The standard InChI is InChI=1S/C12H12ClN3O2S/c1-7-4-3-5-8(15-7)6-14-12-16-10(13)9(19-12)11(17)18-2/h3-5H,6H2,1-2H3,(H,14,16). The number of carbonyl (C=O) groups excluding carboxylic acids is 1. The Morgan fingerprint density at radius 3 is 2.95 bits per heavy atom. The number of ether oxygens (including phenoxy) is 1. The third-order valence-electron chi connectivity index (χ3n) is 2.32. The molecule has 5 nitrogen and oxygen atoms in total. The van der Waals surface area contributed by atoms with Crippen LogP contribution in [0.4, 0.5) is 5.13 Å². The molecule has 0 unspecified atom stereocenters. The van der Waals surface area contributed by atoms with Crippen molar-refractivity contribution >= 4 is 34.0 Å². The fourth-order valence-electron chi connectivity index (χ4n) is 1.46. The quantitative estimate of drug-likeness (QED) is 0.879. The summed E-state index contributed by atoms with van der Waals surface area (Å²) in [4.78, 5) is 20.1. The molecule has 0 aliphatic heterocycles. The SMILES string of the molecule is COC(=O)c1sc(NCc2cccc(C)n2)nc1Cl. The largest absolute Gasteiger partial charge is 0.465 e. The van der Waals surface area contributed by atoms with E-state index in [1.54, 1.807) is 0 Å². The zero-order chi connectivity index (χ0) is 13.8. The van der Waals surface area contributed by atoms with E-state index in [0.717, 1.165) is 22.7 Å². The van der Waals surface area contributed by atoms with Gasteiger partial charge >= 0.3 is 5.97 Å². The lowest BCUT2D eigenvalue weighted by atomic mass is 10.3. The lowest BCUT2D eigenvalue weighted by molar-refractivity contribution is 0.0606. The molecule has 19 heavy (non-hydrogen) atoms. The van der Waals surface area contributed by atoms with Crippen LogP contribution in [0.5, 0.6) is 0 Å². The number of hydrogen-bond donors (Lipinski definition) is 1. The fraction of sp³-hybridized carbons (Fsp3) is 0.250. The van der Waals surface area contributed by atoms with Crippen LogP contribution in [-0.4, -0.2) is 23.0 Å². The van der Waals surface area contributed by atoms with Gasteiger partial charge in [-0.1, -0.05) is 29.0 Å². The number of nitrogens with zero attached hydrogens (tertiary/aromatic N) is 2. The average molecular weight is 298 g/mol. The maximum Gasteiger partial charge on any atom is 0.351 e. The summed E-state index contributed by atoms with van der Waals surface area (Å²) in [5.41, 5.74) is 1.85. The third kappa shape index (κ3) is 3.42. The van der Waals surface area contributed by atoms with E-state index in [0.29, 0.717) is 16.6 Å². The second-order valence-electron chi connectivity index (χ2n) is 3.75. The van der Waals surface area contributed by atoms with E-state index in [1.165, 1.54) is 7.11 Å². The molecule has 1 N–H and O–H groups in total. The van der Waals surface area contributed by atoms with Crippen molar-refractivity contribution in [3.05, 3.63) is 39.6 Å². The Kier molecular flexibility index (Phi) is 4.34. The van der Waals surface area contributed by atoms with Gasteiger partial charge in [0.2, 0.25) is 0 Å². The minimum atomic E-state index is -0.482. The van der Waals surface area contributed by atoms with Gasteiger partial charge in [0.05, 0.1) is 19.3 Å². The second kappa shape index (κ2) is 5.99. The van der Waals surface area contributed by atoms with Crippen LogP contribution in [0.15, 0.2) is 18.2 Å². The molecule has 0 amide bonds. The van der Waals surface area contributed by atoms with Gasteiger partial charge in [-0.2, -0.15) is 0 Å². The van der Waals surface area contributed by atoms with Crippen LogP contribution >= 0.6 is 22.9 Å². The lowest BCUT2D eigenvalue weighted by Crippen LogP contribution is -2.01. The number of pyridine rings is 1. The number of aryl methyl sites for hydroxylation is 1. The highest BCUT2D eigenvalue weighted by atomic mass is 35.5. The molecular formula is C12H12ClN3O2S. The van der Waals surface area contributed by atoms with Gasteiger partial charge in [-0.05, 0) is 19.1 Å². The van der Waals surface area contributed by atoms with Crippen molar-refractivity contribution in [2.24, 2.45) is 0 Å². The molecule has 0 aliphatic carbocycles. The number of anilines is 1. The normalized spacial score (nSPS) is 10.3. The first-order chi connectivity index (χ1) is 9.10. The van der Waals surface area contributed by atoms with E-state index in [2.05, 4.69) is 20.0 Å². The van der Waals surface area contributed by atoms with Gasteiger partial charge in [0.25, 0.3) is 0 Å². The number of aromatic nitrogens is 2. The monoisotopic (exact) mass is 297 g/mol. The topological polar surface area (TPSA) is 64.1 Å². The first kappa shape index (κ1) is 13.8. The first-order valence-corrected chi connectivity index (χ1v) is 6.70. The molecule has 0 aliphatic rings. The number of nitrogens with one attached hydrogen (secondary N) is 1. The summed E-state index contributed by atoms with van der Waals surface area (Å²) in [7, 11) is 1.31. The molecule has 0 atom stereocenters. The van der Waals surface area contributed by atoms with E-state index >= 15 is 0 Å². The van der Waals surface area contributed by atoms with Gasteiger partial charge < -0.3 is 10.1 Å². The van der Waals surface area contributed by atoms with Crippen molar-refractivity contribution in [2.45, 2.75) is 13.5 Å². The summed E-state index contributed by atoms with van der Waals surface area (Å²) in [5.74, 6) is -0.482. The van der Waals surface area contributed by atoms with Gasteiger partial charge in [-0.15, -0.1) is 0 Å². The van der Waals surface area contributed by atoms with Crippen molar-refractivity contribution in [3.63, 3.8) is 0 Å². The molecule has 0 spiro atoms. The molecule has 2 aromatic heterocycles. The van der Waals surface area contributed by atoms with E-state index in [9.17, 15) is 4.79 Å². The van der Waals surface area contributed by atoms with Gasteiger partial charge in [0.1, 0.15) is 0 Å². The number of halogens is 1. The number of thiazole rings is 1. The predicted octanol–water partition coefficient (Wildman–Crippen LogP) is 2.90. The summed E-state index contributed by atoms with van der Waals surface area (Å²) in [6, 6.07) is 5.78. The van der Waals surface area contributed by atoms with E-state index < -0.39 is 5.97 Å². The third-order valence-corrected chi connectivity index (χ3v) is 3.70. The maximum absolute atomic E-state index is 11.4. The van der Waals surface area contributed by atoms with Crippen molar-refractivity contribution in [3.8, 4) is 0 Å². The number of methoxy groups -OCH3 is 1. The summed E-state index contributed by atoms with van der Waals surface area (Å²) in [6.07, 6.45) is 0. The Labute approximate surface area is 119 Å². The Bertz CT molecular complexity index is 600. The van der Waals surface area contributed by atoms with Crippen molar-refractivity contribution in [1.29, 1.82) is 0 Å². The highest BCUT2D eigenvalue weighted by molar-refractivity contribution is 7.18. The van der Waals surface area contributed by atoms with Gasteiger partial charge in [0.15, 0.2) is 15.2 Å². The Hall–Kier alpha value is -1.66. The molecule has 0 radical (unpaired) electrons. The molecule has 2 aromatic rings. The van der Waals surface area contributed by atoms with Crippen LogP contribution < -0.4 is 5.32 Å². The molecule has 7 heteroatoms.